The molecule has 1 aliphatic heterocycles. The van der Waals surface area contributed by atoms with Crippen LogP contribution in [-0.4, -0.2) is 13.6 Å². The Balaban J connectivity index is 0. The van der Waals surface area contributed by atoms with Crippen molar-refractivity contribution < 1.29 is 9.47 Å². The minimum Gasteiger partial charge on any atom is -0.329 e. The van der Waals surface area contributed by atoms with Gasteiger partial charge in [0.05, 0.1) is 0 Å². The monoisotopic (exact) mass is 106 g/mol. The third-order valence-corrected chi connectivity index (χ3v) is 0.333. The van der Waals surface area contributed by atoms with Crippen LogP contribution in [0.3, 0.4) is 0 Å². The van der Waals surface area contributed by atoms with Crippen LogP contribution in [0.5, 0.6) is 0 Å². The second-order valence-electron chi connectivity index (χ2n) is 0.644. The average molecular weight is 106 g/mol. The molecule has 0 atom stereocenters. The molecule has 1 fully saturated rings. The Kier molecular flexibility index (Phi) is 13.3. The summed E-state index contributed by atoms with van der Waals surface area (Å²) in [5, 5.41) is 0. The van der Waals surface area contributed by atoms with Crippen LogP contribution >= 0.6 is 0 Å². The van der Waals surface area contributed by atoms with Gasteiger partial charge < -0.3 is 9.47 Å². The Morgan fingerprint density at radius 1 is 1.00 bits per heavy atom. The van der Waals surface area contributed by atoms with Crippen molar-refractivity contribution in [3.05, 3.63) is 0 Å². The lowest BCUT2D eigenvalue weighted by Gasteiger charge is -2.10. The maximum atomic E-state index is 4.50. The summed E-state index contributed by atoms with van der Waals surface area (Å²) in [6, 6.07) is 0. The van der Waals surface area contributed by atoms with Crippen LogP contribution in [0.15, 0.2) is 0 Å². The minimum absolute atomic E-state index is 0. The van der Waals surface area contributed by atoms with Gasteiger partial charge in [0.15, 0.2) is 13.6 Å². The molecule has 1 rings (SSSR count). The van der Waals surface area contributed by atoms with Crippen molar-refractivity contribution >= 4 is 0 Å². The highest BCUT2D eigenvalue weighted by molar-refractivity contribution is 4.09. The Morgan fingerprint density at radius 2 is 1.14 bits per heavy atom. The number of rotatable bonds is 0. The highest BCUT2D eigenvalue weighted by Gasteiger charge is 1.93. The molecule has 0 aromatic rings. The normalized spacial score (nSPS) is 14.6. The van der Waals surface area contributed by atoms with Crippen LogP contribution in [0.2, 0.25) is 0 Å². The maximum Gasteiger partial charge on any atom is 0.152 e. The van der Waals surface area contributed by atoms with Crippen molar-refractivity contribution in [2.24, 2.45) is 0 Å². The fourth-order valence-corrected chi connectivity index (χ4v) is 0.0833. The van der Waals surface area contributed by atoms with Gasteiger partial charge >= 0.3 is 0 Å². The molecule has 46 valence electrons. The first-order valence-electron chi connectivity index (χ1n) is 2.15. The number of hydrogen-bond donors (Lipinski definition) is 0. The first kappa shape index (κ1) is 10.0. The van der Waals surface area contributed by atoms with E-state index in [1.807, 2.05) is 13.8 Å². The van der Waals surface area contributed by atoms with Crippen molar-refractivity contribution in [3.8, 4) is 0 Å². The van der Waals surface area contributed by atoms with E-state index in [-0.39, 0.29) is 7.43 Å². The fourth-order valence-electron chi connectivity index (χ4n) is 0.0833. The molecular formula is C5H14O2. The van der Waals surface area contributed by atoms with Crippen LogP contribution < -0.4 is 0 Å². The SMILES string of the molecule is C.C1OCO1.CC. The second-order valence-corrected chi connectivity index (χ2v) is 0.644. The van der Waals surface area contributed by atoms with Gasteiger partial charge in [-0.25, -0.2) is 0 Å². The highest BCUT2D eigenvalue weighted by Crippen LogP contribution is 1.87. The lowest BCUT2D eigenvalue weighted by atomic mass is 11.0. The highest BCUT2D eigenvalue weighted by atomic mass is 16.8. The van der Waals surface area contributed by atoms with E-state index in [9.17, 15) is 0 Å². The Hall–Kier alpha value is -0.0800. The smallest absolute Gasteiger partial charge is 0.152 e. The molecule has 0 amide bonds. The molecule has 2 heteroatoms. The lowest BCUT2D eigenvalue weighted by Crippen LogP contribution is -2.14. The van der Waals surface area contributed by atoms with Gasteiger partial charge in [-0.3, -0.25) is 0 Å². The summed E-state index contributed by atoms with van der Waals surface area (Å²) >= 11 is 0. The first-order chi connectivity index (χ1) is 3.00. The van der Waals surface area contributed by atoms with Gasteiger partial charge in [0.25, 0.3) is 0 Å². The molecule has 0 aliphatic carbocycles. The quantitative estimate of drug-likeness (QED) is 0.467. The van der Waals surface area contributed by atoms with Crippen LogP contribution in [0.4, 0.5) is 0 Å². The van der Waals surface area contributed by atoms with Gasteiger partial charge in [0.2, 0.25) is 0 Å². The number of hydrogen-bond acceptors (Lipinski definition) is 2. The van der Waals surface area contributed by atoms with Crippen LogP contribution in [0.25, 0.3) is 0 Å². The van der Waals surface area contributed by atoms with E-state index in [1.165, 1.54) is 0 Å². The van der Waals surface area contributed by atoms with Gasteiger partial charge in [-0.15, -0.1) is 0 Å². The van der Waals surface area contributed by atoms with Crippen molar-refractivity contribution in [3.63, 3.8) is 0 Å². The fraction of sp³-hybridized carbons (Fsp3) is 1.00. The summed E-state index contributed by atoms with van der Waals surface area (Å²) in [7, 11) is 0. The van der Waals surface area contributed by atoms with Gasteiger partial charge in [-0.05, 0) is 0 Å². The van der Waals surface area contributed by atoms with Gasteiger partial charge in [-0.2, -0.15) is 0 Å². The zero-order chi connectivity index (χ0) is 4.83. The van der Waals surface area contributed by atoms with Gasteiger partial charge in [0, 0.05) is 0 Å². The molecule has 0 unspecified atom stereocenters. The zero-order valence-corrected chi connectivity index (χ0v) is 4.23. The van der Waals surface area contributed by atoms with E-state index in [2.05, 4.69) is 9.47 Å². The Morgan fingerprint density at radius 3 is 1.14 bits per heavy atom. The van der Waals surface area contributed by atoms with Gasteiger partial charge in [0.1, 0.15) is 0 Å². The topological polar surface area (TPSA) is 18.5 Å². The molecule has 1 saturated heterocycles. The Labute approximate surface area is 45.4 Å². The van der Waals surface area contributed by atoms with E-state index in [0.29, 0.717) is 13.6 Å². The molecule has 0 spiro atoms. The van der Waals surface area contributed by atoms with E-state index >= 15 is 0 Å². The molecule has 0 aromatic heterocycles. The molecule has 0 saturated carbocycles. The molecule has 0 N–H and O–H groups in total. The average Bonchev–Trinajstić information content (AvgIpc) is 1.36. The molecular weight excluding hydrogens is 92.1 g/mol. The van der Waals surface area contributed by atoms with E-state index < -0.39 is 0 Å². The summed E-state index contributed by atoms with van der Waals surface area (Å²) in [5.74, 6) is 0. The maximum absolute atomic E-state index is 4.50. The largest absolute Gasteiger partial charge is 0.329 e. The third-order valence-electron chi connectivity index (χ3n) is 0.333. The standard InChI is InChI=1S/C2H4O2.C2H6.CH4/c1-3-2-4-1;1-2;/h1-2H2;1-2H3;1H4. The van der Waals surface area contributed by atoms with E-state index in [0.717, 1.165) is 0 Å². The number of ether oxygens (including phenoxy) is 2. The molecule has 0 radical (unpaired) electrons. The molecule has 0 aromatic carbocycles. The van der Waals surface area contributed by atoms with Crippen LogP contribution in [0, 0.1) is 0 Å². The van der Waals surface area contributed by atoms with E-state index in [4.69, 9.17) is 0 Å². The Bertz CT molecular complexity index is 14.0. The molecule has 0 bridgehead atoms. The summed E-state index contributed by atoms with van der Waals surface area (Å²) in [6.45, 7) is 5.00. The molecule has 1 heterocycles. The predicted octanol–water partition coefficient (Wildman–Crippen LogP) is 1.61. The van der Waals surface area contributed by atoms with Crippen molar-refractivity contribution in [1.82, 2.24) is 0 Å². The summed E-state index contributed by atoms with van der Waals surface area (Å²) in [6.07, 6.45) is 0. The molecule has 2 nitrogen and oxygen atoms in total. The van der Waals surface area contributed by atoms with Crippen molar-refractivity contribution in [2.45, 2.75) is 21.3 Å². The summed E-state index contributed by atoms with van der Waals surface area (Å²) in [4.78, 5) is 0. The first-order valence-corrected chi connectivity index (χ1v) is 2.15. The van der Waals surface area contributed by atoms with Crippen LogP contribution in [0.1, 0.15) is 21.3 Å². The molecule has 1 aliphatic rings. The van der Waals surface area contributed by atoms with Crippen molar-refractivity contribution in [1.29, 1.82) is 0 Å². The lowest BCUT2D eigenvalue weighted by molar-refractivity contribution is -0.247. The van der Waals surface area contributed by atoms with Crippen LogP contribution in [-0.2, 0) is 9.47 Å². The van der Waals surface area contributed by atoms with E-state index in [1.54, 1.807) is 0 Å². The molecule has 7 heavy (non-hydrogen) atoms. The second kappa shape index (κ2) is 9.33. The summed E-state index contributed by atoms with van der Waals surface area (Å²) in [5.41, 5.74) is 0. The predicted molar refractivity (Wildman–Crippen MR) is 30.0 cm³/mol. The van der Waals surface area contributed by atoms with Crippen molar-refractivity contribution in [2.75, 3.05) is 13.6 Å². The zero-order valence-electron chi connectivity index (χ0n) is 4.23. The minimum atomic E-state index is 0. The summed E-state index contributed by atoms with van der Waals surface area (Å²) < 4.78 is 9.00. The third kappa shape index (κ3) is 5.92. The van der Waals surface area contributed by atoms with Gasteiger partial charge in [-0.1, -0.05) is 21.3 Å².